The zero-order valence-electron chi connectivity index (χ0n) is 10.2. The molecule has 0 radical (unpaired) electrons. The maximum atomic E-state index is 12.1. The van der Waals surface area contributed by atoms with Gasteiger partial charge in [0.2, 0.25) is 5.91 Å². The second-order valence-electron chi connectivity index (χ2n) is 4.33. The summed E-state index contributed by atoms with van der Waals surface area (Å²) in [6.45, 7) is 0. The van der Waals surface area contributed by atoms with Crippen LogP contribution in [0.4, 0.5) is 17.1 Å². The monoisotopic (exact) mass is 238 g/mol. The molecule has 1 heterocycles. The molecule has 3 nitrogen and oxygen atoms in total. The maximum Gasteiger partial charge on any atom is 0.236 e. The number of rotatable bonds is 2. The van der Waals surface area contributed by atoms with Gasteiger partial charge in [0.15, 0.2) is 0 Å². The number of anilines is 3. The number of hydrogen-bond acceptors (Lipinski definition) is 2. The Kier molecular flexibility index (Phi) is 2.52. The quantitative estimate of drug-likeness (QED) is 0.872. The van der Waals surface area contributed by atoms with E-state index in [0.717, 1.165) is 22.6 Å². The van der Waals surface area contributed by atoms with E-state index >= 15 is 0 Å². The average Bonchev–Trinajstić information content (AvgIpc) is 2.75. The first-order valence-corrected chi connectivity index (χ1v) is 5.98. The van der Waals surface area contributed by atoms with Crippen LogP contribution in [0.3, 0.4) is 0 Å². The Morgan fingerprint density at radius 2 is 1.78 bits per heavy atom. The summed E-state index contributed by atoms with van der Waals surface area (Å²) < 4.78 is 0. The third kappa shape index (κ3) is 1.64. The van der Waals surface area contributed by atoms with Gasteiger partial charge in [-0.2, -0.15) is 0 Å². The minimum absolute atomic E-state index is 0.133. The first kappa shape index (κ1) is 10.8. The molecule has 18 heavy (non-hydrogen) atoms. The molecule has 3 rings (SSSR count). The standard InChI is InChI=1S/C15H14N2O/c1-16-12-6-8-13(9-7-12)17-14-5-3-2-4-11(14)10-15(17)18/h2-9,16H,10H2,1H3. The molecule has 1 amide bonds. The van der Waals surface area contributed by atoms with Crippen molar-refractivity contribution < 1.29 is 4.79 Å². The normalized spacial score (nSPS) is 13.6. The Balaban J connectivity index is 2.03. The van der Waals surface area contributed by atoms with Crippen molar-refractivity contribution in [1.29, 1.82) is 0 Å². The Hall–Kier alpha value is -2.29. The van der Waals surface area contributed by atoms with Gasteiger partial charge in [-0.15, -0.1) is 0 Å². The summed E-state index contributed by atoms with van der Waals surface area (Å²) in [4.78, 5) is 13.9. The van der Waals surface area contributed by atoms with E-state index in [1.807, 2.05) is 55.6 Å². The predicted molar refractivity (Wildman–Crippen MR) is 73.3 cm³/mol. The number of hydrogen-bond donors (Lipinski definition) is 1. The van der Waals surface area contributed by atoms with Crippen molar-refractivity contribution in [2.75, 3.05) is 17.3 Å². The van der Waals surface area contributed by atoms with Crippen LogP contribution in [-0.2, 0) is 11.2 Å². The van der Waals surface area contributed by atoms with Crippen LogP contribution in [-0.4, -0.2) is 13.0 Å². The third-order valence-electron chi connectivity index (χ3n) is 3.24. The molecule has 1 aliphatic rings. The van der Waals surface area contributed by atoms with Crippen molar-refractivity contribution in [3.63, 3.8) is 0 Å². The summed E-state index contributed by atoms with van der Waals surface area (Å²) in [5, 5.41) is 3.07. The van der Waals surface area contributed by atoms with E-state index in [1.165, 1.54) is 0 Å². The summed E-state index contributed by atoms with van der Waals surface area (Å²) >= 11 is 0. The molecule has 0 aliphatic carbocycles. The van der Waals surface area contributed by atoms with Gasteiger partial charge in [-0.3, -0.25) is 9.69 Å². The molecular weight excluding hydrogens is 224 g/mol. The van der Waals surface area contributed by atoms with Crippen LogP contribution in [0.15, 0.2) is 48.5 Å². The van der Waals surface area contributed by atoms with Gasteiger partial charge < -0.3 is 5.32 Å². The molecule has 2 aromatic rings. The topological polar surface area (TPSA) is 32.3 Å². The van der Waals surface area contributed by atoms with Crippen LogP contribution in [0.2, 0.25) is 0 Å². The van der Waals surface area contributed by atoms with E-state index in [2.05, 4.69) is 5.32 Å². The van der Waals surface area contributed by atoms with Crippen molar-refractivity contribution in [3.05, 3.63) is 54.1 Å². The lowest BCUT2D eigenvalue weighted by Gasteiger charge is -2.17. The first-order valence-electron chi connectivity index (χ1n) is 5.98. The van der Waals surface area contributed by atoms with Gasteiger partial charge >= 0.3 is 0 Å². The Labute approximate surface area is 106 Å². The van der Waals surface area contributed by atoms with Gasteiger partial charge in [0.1, 0.15) is 0 Å². The molecule has 90 valence electrons. The summed E-state index contributed by atoms with van der Waals surface area (Å²) in [5.41, 5.74) is 4.06. The molecule has 0 bridgehead atoms. The van der Waals surface area contributed by atoms with Crippen LogP contribution in [0.1, 0.15) is 5.56 Å². The van der Waals surface area contributed by atoms with Gasteiger partial charge in [0, 0.05) is 18.4 Å². The fourth-order valence-corrected chi connectivity index (χ4v) is 2.32. The third-order valence-corrected chi connectivity index (χ3v) is 3.24. The fourth-order valence-electron chi connectivity index (χ4n) is 2.32. The molecule has 0 spiro atoms. The van der Waals surface area contributed by atoms with Crippen LogP contribution in [0.25, 0.3) is 0 Å². The Morgan fingerprint density at radius 1 is 1.06 bits per heavy atom. The van der Waals surface area contributed by atoms with E-state index in [4.69, 9.17) is 0 Å². The highest BCUT2D eigenvalue weighted by atomic mass is 16.2. The molecule has 2 aromatic carbocycles. The Morgan fingerprint density at radius 3 is 2.50 bits per heavy atom. The van der Waals surface area contributed by atoms with E-state index in [-0.39, 0.29) is 5.91 Å². The summed E-state index contributed by atoms with van der Waals surface area (Å²) in [7, 11) is 1.88. The molecule has 1 aliphatic heterocycles. The lowest BCUT2D eigenvalue weighted by molar-refractivity contribution is -0.116. The van der Waals surface area contributed by atoms with Crippen LogP contribution in [0.5, 0.6) is 0 Å². The van der Waals surface area contributed by atoms with Crippen molar-refractivity contribution in [3.8, 4) is 0 Å². The lowest BCUT2D eigenvalue weighted by atomic mass is 10.2. The van der Waals surface area contributed by atoms with Crippen molar-refractivity contribution in [1.82, 2.24) is 0 Å². The number of fused-ring (bicyclic) bond motifs is 1. The zero-order chi connectivity index (χ0) is 12.5. The summed E-state index contributed by atoms with van der Waals surface area (Å²) in [6, 6.07) is 15.8. The van der Waals surface area contributed by atoms with Crippen molar-refractivity contribution >= 4 is 23.0 Å². The van der Waals surface area contributed by atoms with Crippen molar-refractivity contribution in [2.24, 2.45) is 0 Å². The van der Waals surface area contributed by atoms with E-state index < -0.39 is 0 Å². The second-order valence-corrected chi connectivity index (χ2v) is 4.33. The van der Waals surface area contributed by atoms with E-state index in [1.54, 1.807) is 4.90 Å². The number of para-hydroxylation sites is 1. The maximum absolute atomic E-state index is 12.1. The van der Waals surface area contributed by atoms with E-state index in [9.17, 15) is 4.79 Å². The molecule has 3 heteroatoms. The smallest absolute Gasteiger partial charge is 0.236 e. The van der Waals surface area contributed by atoms with Crippen LogP contribution in [0, 0.1) is 0 Å². The molecule has 0 saturated carbocycles. The molecule has 0 aromatic heterocycles. The lowest BCUT2D eigenvalue weighted by Crippen LogP contribution is -2.20. The molecule has 0 atom stereocenters. The van der Waals surface area contributed by atoms with Crippen molar-refractivity contribution in [2.45, 2.75) is 6.42 Å². The molecule has 0 unspecified atom stereocenters. The summed E-state index contributed by atoms with van der Waals surface area (Å²) in [5.74, 6) is 0.133. The number of carbonyl (C=O) groups excluding carboxylic acids is 1. The second kappa shape index (κ2) is 4.18. The molecule has 0 saturated heterocycles. The van der Waals surface area contributed by atoms with Gasteiger partial charge in [0.25, 0.3) is 0 Å². The zero-order valence-corrected chi connectivity index (χ0v) is 10.2. The highest BCUT2D eigenvalue weighted by molar-refractivity contribution is 6.07. The van der Waals surface area contributed by atoms with E-state index in [0.29, 0.717) is 6.42 Å². The number of nitrogens with zero attached hydrogens (tertiary/aromatic N) is 1. The molecular formula is C15H14N2O. The highest BCUT2D eigenvalue weighted by Gasteiger charge is 2.27. The number of amides is 1. The summed E-state index contributed by atoms with van der Waals surface area (Å²) in [6.07, 6.45) is 0.490. The number of carbonyl (C=O) groups is 1. The Bertz CT molecular complexity index is 590. The number of nitrogens with one attached hydrogen (secondary N) is 1. The van der Waals surface area contributed by atoms with Crippen LogP contribution < -0.4 is 10.2 Å². The van der Waals surface area contributed by atoms with Gasteiger partial charge in [0.05, 0.1) is 12.1 Å². The van der Waals surface area contributed by atoms with Gasteiger partial charge in [-0.05, 0) is 35.9 Å². The molecule has 1 N–H and O–H groups in total. The van der Waals surface area contributed by atoms with Gasteiger partial charge in [-0.25, -0.2) is 0 Å². The van der Waals surface area contributed by atoms with Crippen LogP contribution >= 0.6 is 0 Å². The minimum Gasteiger partial charge on any atom is -0.388 e. The highest BCUT2D eigenvalue weighted by Crippen LogP contribution is 2.35. The number of benzene rings is 2. The fraction of sp³-hybridized carbons (Fsp3) is 0.133. The van der Waals surface area contributed by atoms with Gasteiger partial charge in [-0.1, -0.05) is 18.2 Å². The predicted octanol–water partition coefficient (Wildman–Crippen LogP) is 2.95. The first-order chi connectivity index (χ1) is 8.79. The SMILES string of the molecule is CNc1ccc(N2C(=O)Cc3ccccc32)cc1. The molecule has 0 fully saturated rings. The minimum atomic E-state index is 0.133. The average molecular weight is 238 g/mol. The largest absolute Gasteiger partial charge is 0.388 e.